The van der Waals surface area contributed by atoms with Gasteiger partial charge in [-0.15, -0.1) is 0 Å². The number of hydrogen-bond acceptors (Lipinski definition) is 3. The van der Waals surface area contributed by atoms with E-state index in [2.05, 4.69) is 16.8 Å². The molecule has 0 saturated carbocycles. The Hall–Kier alpha value is -1.16. The summed E-state index contributed by atoms with van der Waals surface area (Å²) in [5.41, 5.74) is 1.43. The second-order valence-electron chi connectivity index (χ2n) is 4.94. The third kappa shape index (κ3) is 2.02. The summed E-state index contributed by atoms with van der Waals surface area (Å²) in [6.45, 7) is 4.46. The molecule has 0 spiro atoms. The lowest BCUT2D eigenvalue weighted by molar-refractivity contribution is 0.251. The first-order valence-corrected chi connectivity index (χ1v) is 6.29. The molecule has 4 heteroatoms. The third-order valence-electron chi connectivity index (χ3n) is 3.74. The maximum atomic E-state index is 13.9. The van der Waals surface area contributed by atoms with Crippen LogP contribution in [0.5, 0.6) is 5.88 Å². The smallest absolute Gasteiger partial charge is 0.217 e. The molecule has 2 aliphatic rings. The molecule has 0 unspecified atom stereocenters. The third-order valence-corrected chi connectivity index (χ3v) is 3.74. The topological polar surface area (TPSA) is 25.4 Å². The maximum Gasteiger partial charge on any atom is 0.217 e. The normalized spacial score (nSPS) is 23.8. The molecule has 0 bridgehead atoms. The van der Waals surface area contributed by atoms with E-state index in [0.29, 0.717) is 30.8 Å². The second kappa shape index (κ2) is 4.26. The van der Waals surface area contributed by atoms with Crippen molar-refractivity contribution in [1.82, 2.24) is 9.88 Å². The van der Waals surface area contributed by atoms with Gasteiger partial charge in [-0.2, -0.15) is 0 Å². The minimum Gasteiger partial charge on any atom is -0.477 e. The van der Waals surface area contributed by atoms with Gasteiger partial charge in [0.2, 0.25) is 5.88 Å². The van der Waals surface area contributed by atoms with Gasteiger partial charge in [-0.3, -0.25) is 4.90 Å². The molecule has 17 heavy (non-hydrogen) atoms. The Morgan fingerprint density at radius 2 is 2.47 bits per heavy atom. The molecule has 92 valence electrons. The summed E-state index contributed by atoms with van der Waals surface area (Å²) in [6.07, 6.45) is 3.17. The van der Waals surface area contributed by atoms with Crippen LogP contribution in [0.2, 0.25) is 0 Å². The van der Waals surface area contributed by atoms with Crippen LogP contribution in [-0.2, 0) is 13.0 Å². The van der Waals surface area contributed by atoms with Gasteiger partial charge in [0.25, 0.3) is 0 Å². The van der Waals surface area contributed by atoms with Crippen LogP contribution in [0.1, 0.15) is 31.0 Å². The van der Waals surface area contributed by atoms with Crippen LogP contribution >= 0.6 is 0 Å². The predicted octanol–water partition coefficient (Wildman–Crippen LogP) is 2.14. The molecular formula is C13H17FN2O. The molecule has 0 amide bonds. The highest BCUT2D eigenvalue weighted by Gasteiger charge is 2.24. The van der Waals surface area contributed by atoms with Crippen LogP contribution in [0.3, 0.4) is 0 Å². The van der Waals surface area contributed by atoms with Crippen molar-refractivity contribution in [2.75, 3.05) is 13.2 Å². The zero-order chi connectivity index (χ0) is 11.8. The Balaban J connectivity index is 1.83. The molecule has 3 heterocycles. The minimum absolute atomic E-state index is 0.187. The van der Waals surface area contributed by atoms with Crippen LogP contribution in [0.4, 0.5) is 4.39 Å². The van der Waals surface area contributed by atoms with E-state index in [-0.39, 0.29) is 5.82 Å². The highest BCUT2D eigenvalue weighted by Crippen LogP contribution is 2.26. The molecule has 1 fully saturated rings. The van der Waals surface area contributed by atoms with E-state index in [1.54, 1.807) is 6.07 Å². The van der Waals surface area contributed by atoms with E-state index in [4.69, 9.17) is 4.74 Å². The van der Waals surface area contributed by atoms with Gasteiger partial charge in [0.05, 0.1) is 12.3 Å². The van der Waals surface area contributed by atoms with E-state index < -0.39 is 0 Å². The van der Waals surface area contributed by atoms with Crippen molar-refractivity contribution in [3.05, 3.63) is 23.1 Å². The van der Waals surface area contributed by atoms with Crippen LogP contribution in [0.15, 0.2) is 6.07 Å². The van der Waals surface area contributed by atoms with Gasteiger partial charge in [0.1, 0.15) is 5.82 Å². The fourth-order valence-corrected chi connectivity index (χ4v) is 2.64. The molecule has 0 N–H and O–H groups in total. The van der Waals surface area contributed by atoms with Crippen LogP contribution in [0, 0.1) is 5.82 Å². The highest BCUT2D eigenvalue weighted by atomic mass is 19.1. The number of halogens is 1. The lowest BCUT2D eigenvalue weighted by atomic mass is 10.2. The van der Waals surface area contributed by atoms with Crippen molar-refractivity contribution < 1.29 is 9.13 Å². The predicted molar refractivity (Wildman–Crippen MR) is 62.5 cm³/mol. The largest absolute Gasteiger partial charge is 0.477 e. The van der Waals surface area contributed by atoms with Crippen molar-refractivity contribution in [2.24, 2.45) is 0 Å². The number of nitrogens with zero attached hydrogens (tertiary/aromatic N) is 2. The lowest BCUT2D eigenvalue weighted by Crippen LogP contribution is -2.27. The number of rotatable bonds is 2. The number of aromatic nitrogens is 1. The summed E-state index contributed by atoms with van der Waals surface area (Å²) >= 11 is 0. The summed E-state index contributed by atoms with van der Waals surface area (Å²) in [6, 6.07) is 2.12. The molecule has 0 aliphatic carbocycles. The average Bonchev–Trinajstić information content (AvgIpc) is 2.89. The fourth-order valence-electron chi connectivity index (χ4n) is 2.64. The van der Waals surface area contributed by atoms with E-state index in [0.717, 1.165) is 18.5 Å². The maximum absolute atomic E-state index is 13.9. The van der Waals surface area contributed by atoms with Crippen LogP contribution < -0.4 is 4.74 Å². The number of pyridine rings is 1. The molecule has 1 aromatic rings. The first kappa shape index (κ1) is 11.0. The Labute approximate surface area is 101 Å². The Morgan fingerprint density at radius 1 is 1.59 bits per heavy atom. The number of ether oxygens (including phenoxy) is 1. The van der Waals surface area contributed by atoms with Crippen molar-refractivity contribution in [3.63, 3.8) is 0 Å². The summed E-state index contributed by atoms with van der Waals surface area (Å²) in [4.78, 5) is 6.60. The zero-order valence-corrected chi connectivity index (χ0v) is 10.1. The minimum atomic E-state index is -0.187. The summed E-state index contributed by atoms with van der Waals surface area (Å²) < 4.78 is 19.3. The molecule has 0 radical (unpaired) electrons. The number of likely N-dealkylation sites (tertiary alicyclic amines) is 1. The zero-order valence-electron chi connectivity index (χ0n) is 10.1. The van der Waals surface area contributed by atoms with Crippen LogP contribution in [-0.4, -0.2) is 29.1 Å². The number of hydrogen-bond donors (Lipinski definition) is 0. The number of fused-ring (bicyclic) bond motifs is 1. The van der Waals surface area contributed by atoms with Gasteiger partial charge >= 0.3 is 0 Å². The highest BCUT2D eigenvalue weighted by molar-refractivity contribution is 5.32. The molecule has 0 aromatic carbocycles. The first-order valence-electron chi connectivity index (χ1n) is 6.29. The summed E-state index contributed by atoms with van der Waals surface area (Å²) in [7, 11) is 0. The Bertz CT molecular complexity index is 436. The van der Waals surface area contributed by atoms with Gasteiger partial charge < -0.3 is 4.74 Å². The van der Waals surface area contributed by atoms with Crippen molar-refractivity contribution in [1.29, 1.82) is 0 Å². The Kier molecular flexibility index (Phi) is 2.74. The van der Waals surface area contributed by atoms with Gasteiger partial charge in [0, 0.05) is 24.6 Å². The second-order valence-corrected chi connectivity index (χ2v) is 4.94. The van der Waals surface area contributed by atoms with E-state index in [1.807, 2.05) is 0 Å². The van der Waals surface area contributed by atoms with Gasteiger partial charge in [-0.25, -0.2) is 9.37 Å². The standard InChI is InChI=1S/C13H17FN2O/c1-9-3-2-5-16(9)8-12-11(14)7-10-4-6-17-13(10)15-12/h7,9H,2-6,8H2,1H3/t9-/m0/s1. The monoisotopic (exact) mass is 236 g/mol. The Morgan fingerprint density at radius 3 is 3.24 bits per heavy atom. The average molecular weight is 236 g/mol. The molecule has 1 saturated heterocycles. The van der Waals surface area contributed by atoms with Gasteiger partial charge in [-0.1, -0.05) is 0 Å². The quantitative estimate of drug-likeness (QED) is 0.786. The van der Waals surface area contributed by atoms with Crippen molar-refractivity contribution in [3.8, 4) is 5.88 Å². The van der Waals surface area contributed by atoms with E-state index in [9.17, 15) is 4.39 Å². The van der Waals surface area contributed by atoms with Crippen molar-refractivity contribution >= 4 is 0 Å². The fraction of sp³-hybridized carbons (Fsp3) is 0.615. The SMILES string of the molecule is C[C@H]1CCCN1Cc1nc2c(cc1F)CCO2. The van der Waals surface area contributed by atoms with E-state index in [1.165, 1.54) is 12.8 Å². The molecule has 3 rings (SSSR count). The molecule has 2 aliphatic heterocycles. The van der Waals surface area contributed by atoms with Gasteiger partial charge in [-0.05, 0) is 32.4 Å². The van der Waals surface area contributed by atoms with Crippen molar-refractivity contribution in [2.45, 2.75) is 38.8 Å². The molecule has 1 aromatic heterocycles. The summed E-state index contributed by atoms with van der Waals surface area (Å²) in [5.74, 6) is 0.446. The molecular weight excluding hydrogens is 219 g/mol. The first-order chi connectivity index (χ1) is 8.24. The van der Waals surface area contributed by atoms with E-state index >= 15 is 0 Å². The summed E-state index contributed by atoms with van der Waals surface area (Å²) in [5, 5.41) is 0. The molecule has 1 atom stereocenters. The lowest BCUT2D eigenvalue weighted by Gasteiger charge is -2.20. The molecule has 3 nitrogen and oxygen atoms in total. The van der Waals surface area contributed by atoms with Gasteiger partial charge in [0.15, 0.2) is 0 Å². The van der Waals surface area contributed by atoms with Crippen LogP contribution in [0.25, 0.3) is 0 Å².